The lowest BCUT2D eigenvalue weighted by Crippen LogP contribution is -2.46. The second kappa shape index (κ2) is 9.01. The average Bonchev–Trinajstić information content (AvgIpc) is 3.42. The molecule has 170 valence electrons. The molecule has 0 spiro atoms. The average molecular weight is 468 g/mol. The highest BCUT2D eigenvalue weighted by molar-refractivity contribution is 7.88. The molecular formula is C21H29N3O5S2. The third-order valence-electron chi connectivity index (χ3n) is 6.09. The second-order valence-corrected chi connectivity index (χ2v) is 11.2. The number of carbonyl (C=O) groups is 1. The predicted octanol–water partition coefficient (Wildman–Crippen LogP) is 2.80. The van der Waals surface area contributed by atoms with E-state index in [-0.39, 0.29) is 17.9 Å². The summed E-state index contributed by atoms with van der Waals surface area (Å²) in [6.07, 6.45) is 4.16. The Morgan fingerprint density at radius 2 is 2.06 bits per heavy atom. The van der Waals surface area contributed by atoms with E-state index in [9.17, 15) is 13.2 Å². The number of anilines is 1. The van der Waals surface area contributed by atoms with E-state index in [1.807, 2.05) is 19.1 Å². The Bertz CT molecular complexity index is 1050. The SMILES string of the molecule is COc1ccc(C)c2sc(N(C[C@H]3CCCO3)C(=O)C3CCN(S(C)(=O)=O)CC3)nc12. The summed E-state index contributed by atoms with van der Waals surface area (Å²) in [5.41, 5.74) is 1.85. The fourth-order valence-electron chi connectivity index (χ4n) is 4.29. The minimum Gasteiger partial charge on any atom is -0.494 e. The monoisotopic (exact) mass is 467 g/mol. The number of rotatable bonds is 6. The van der Waals surface area contributed by atoms with Crippen molar-refractivity contribution < 1.29 is 22.7 Å². The Morgan fingerprint density at radius 1 is 1.32 bits per heavy atom. The van der Waals surface area contributed by atoms with Crippen LogP contribution in [0.2, 0.25) is 0 Å². The summed E-state index contributed by atoms with van der Waals surface area (Å²) in [5.74, 6) is 0.461. The number of fused-ring (bicyclic) bond motifs is 1. The zero-order valence-electron chi connectivity index (χ0n) is 18.2. The summed E-state index contributed by atoms with van der Waals surface area (Å²) in [6.45, 7) is 3.95. The van der Waals surface area contributed by atoms with Gasteiger partial charge in [-0.05, 0) is 44.2 Å². The summed E-state index contributed by atoms with van der Waals surface area (Å²) in [4.78, 5) is 20.2. The molecule has 2 aromatic rings. The first kappa shape index (κ1) is 22.4. The van der Waals surface area contributed by atoms with Crippen molar-refractivity contribution in [3.05, 3.63) is 17.7 Å². The van der Waals surface area contributed by atoms with Gasteiger partial charge in [-0.1, -0.05) is 17.4 Å². The summed E-state index contributed by atoms with van der Waals surface area (Å²) < 4.78 is 37.4. The first-order valence-electron chi connectivity index (χ1n) is 10.6. The highest BCUT2D eigenvalue weighted by Gasteiger charge is 2.35. The van der Waals surface area contributed by atoms with Crippen molar-refractivity contribution in [1.82, 2.24) is 9.29 Å². The normalized spacial score (nSPS) is 20.9. The van der Waals surface area contributed by atoms with Gasteiger partial charge in [-0.3, -0.25) is 9.69 Å². The molecule has 0 radical (unpaired) electrons. The van der Waals surface area contributed by atoms with Crippen LogP contribution in [0, 0.1) is 12.8 Å². The van der Waals surface area contributed by atoms with Crippen LogP contribution in [0.3, 0.4) is 0 Å². The number of sulfonamides is 1. The van der Waals surface area contributed by atoms with Crippen LogP contribution < -0.4 is 9.64 Å². The van der Waals surface area contributed by atoms with E-state index in [2.05, 4.69) is 0 Å². The number of aromatic nitrogens is 1. The van der Waals surface area contributed by atoms with Crippen molar-refractivity contribution in [1.29, 1.82) is 0 Å². The zero-order valence-corrected chi connectivity index (χ0v) is 19.8. The number of thiazole rings is 1. The summed E-state index contributed by atoms with van der Waals surface area (Å²) in [5, 5.41) is 0.647. The Kier molecular flexibility index (Phi) is 6.52. The fraction of sp³-hybridized carbons (Fsp3) is 0.619. The number of nitrogens with zero attached hydrogens (tertiary/aromatic N) is 3. The Hall–Kier alpha value is -1.75. The van der Waals surface area contributed by atoms with Crippen molar-refractivity contribution in [3.63, 3.8) is 0 Å². The molecule has 8 nitrogen and oxygen atoms in total. The third kappa shape index (κ3) is 4.72. The Labute approximate surface area is 187 Å². The minimum atomic E-state index is -3.23. The molecule has 1 aromatic heterocycles. The lowest BCUT2D eigenvalue weighted by Gasteiger charge is -2.33. The largest absolute Gasteiger partial charge is 0.494 e. The van der Waals surface area contributed by atoms with Crippen LogP contribution in [0.1, 0.15) is 31.2 Å². The number of ether oxygens (including phenoxy) is 2. The molecule has 2 aliphatic heterocycles. The molecule has 3 heterocycles. The molecular weight excluding hydrogens is 438 g/mol. The standard InChI is InChI=1S/C21H29N3O5S2/c1-14-6-7-17(28-2)18-19(14)30-21(22-18)24(13-16-5-4-12-29-16)20(25)15-8-10-23(11-9-15)31(3,26)27/h6-7,15-16H,4-5,8-13H2,1-3H3/t16-/m1/s1. The number of hydrogen-bond acceptors (Lipinski definition) is 7. The van der Waals surface area contributed by atoms with Crippen molar-refractivity contribution >= 4 is 42.6 Å². The van der Waals surface area contributed by atoms with Crippen molar-refractivity contribution in [2.75, 3.05) is 44.5 Å². The summed E-state index contributed by atoms with van der Waals surface area (Å²) in [6, 6.07) is 3.89. The van der Waals surface area contributed by atoms with Crippen LogP contribution in [-0.4, -0.2) is 69.3 Å². The number of aryl methyl sites for hydroxylation is 1. The van der Waals surface area contributed by atoms with Crippen LogP contribution in [0.5, 0.6) is 5.75 Å². The highest BCUT2D eigenvalue weighted by atomic mass is 32.2. The molecule has 0 aliphatic carbocycles. The van der Waals surface area contributed by atoms with E-state index in [1.165, 1.54) is 21.9 Å². The lowest BCUT2D eigenvalue weighted by molar-refractivity contribution is -0.123. The molecule has 2 fully saturated rings. The minimum absolute atomic E-state index is 0.000623. The van der Waals surface area contributed by atoms with Gasteiger partial charge in [0.05, 0.1) is 30.7 Å². The van der Waals surface area contributed by atoms with E-state index in [4.69, 9.17) is 14.5 Å². The molecule has 0 bridgehead atoms. The van der Waals surface area contributed by atoms with Gasteiger partial charge in [0.2, 0.25) is 15.9 Å². The van der Waals surface area contributed by atoms with Crippen LogP contribution in [-0.2, 0) is 19.6 Å². The molecule has 0 N–H and O–H groups in total. The van der Waals surface area contributed by atoms with E-state index in [1.54, 1.807) is 12.0 Å². The predicted molar refractivity (Wildman–Crippen MR) is 121 cm³/mol. The number of benzene rings is 1. The first-order chi connectivity index (χ1) is 14.8. The number of hydrogen-bond donors (Lipinski definition) is 0. The van der Waals surface area contributed by atoms with Gasteiger partial charge in [0.25, 0.3) is 0 Å². The Morgan fingerprint density at radius 3 is 2.68 bits per heavy atom. The highest BCUT2D eigenvalue weighted by Crippen LogP contribution is 2.38. The molecule has 10 heteroatoms. The zero-order chi connectivity index (χ0) is 22.2. The van der Waals surface area contributed by atoms with Gasteiger partial charge < -0.3 is 9.47 Å². The summed E-state index contributed by atoms with van der Waals surface area (Å²) in [7, 11) is -1.61. The molecule has 0 saturated carbocycles. The fourth-order valence-corrected chi connectivity index (χ4v) is 6.23. The second-order valence-electron chi connectivity index (χ2n) is 8.28. The third-order valence-corrected chi connectivity index (χ3v) is 8.61. The first-order valence-corrected chi connectivity index (χ1v) is 13.3. The molecule has 31 heavy (non-hydrogen) atoms. The van der Waals surface area contributed by atoms with Crippen molar-refractivity contribution in [3.8, 4) is 5.75 Å². The molecule has 2 aliphatic rings. The molecule has 1 atom stereocenters. The maximum Gasteiger partial charge on any atom is 0.232 e. The van der Waals surface area contributed by atoms with E-state index in [0.29, 0.717) is 50.0 Å². The van der Waals surface area contributed by atoms with E-state index >= 15 is 0 Å². The molecule has 0 unspecified atom stereocenters. The molecule has 1 aromatic carbocycles. The summed E-state index contributed by atoms with van der Waals surface area (Å²) >= 11 is 1.49. The van der Waals surface area contributed by atoms with Crippen LogP contribution in [0.15, 0.2) is 12.1 Å². The van der Waals surface area contributed by atoms with E-state index < -0.39 is 10.0 Å². The van der Waals surface area contributed by atoms with Gasteiger partial charge in [0.1, 0.15) is 11.3 Å². The molecule has 2 saturated heterocycles. The van der Waals surface area contributed by atoms with E-state index in [0.717, 1.165) is 28.6 Å². The van der Waals surface area contributed by atoms with Crippen molar-refractivity contribution in [2.24, 2.45) is 5.92 Å². The van der Waals surface area contributed by atoms with Crippen LogP contribution in [0.4, 0.5) is 5.13 Å². The number of amides is 1. The van der Waals surface area contributed by atoms with Gasteiger partial charge in [0.15, 0.2) is 5.13 Å². The van der Waals surface area contributed by atoms with Crippen LogP contribution >= 0.6 is 11.3 Å². The lowest BCUT2D eigenvalue weighted by atomic mass is 9.96. The maximum atomic E-state index is 13.6. The van der Waals surface area contributed by atoms with Crippen LogP contribution in [0.25, 0.3) is 10.2 Å². The van der Waals surface area contributed by atoms with Gasteiger partial charge in [-0.25, -0.2) is 17.7 Å². The topological polar surface area (TPSA) is 89.0 Å². The smallest absolute Gasteiger partial charge is 0.232 e. The Balaban J connectivity index is 1.63. The van der Waals surface area contributed by atoms with Gasteiger partial charge in [0, 0.05) is 25.6 Å². The van der Waals surface area contributed by atoms with Gasteiger partial charge >= 0.3 is 0 Å². The maximum absolute atomic E-state index is 13.6. The van der Waals surface area contributed by atoms with Crippen molar-refractivity contribution in [2.45, 2.75) is 38.7 Å². The van der Waals surface area contributed by atoms with Gasteiger partial charge in [-0.2, -0.15) is 0 Å². The number of piperidine rings is 1. The quantitative estimate of drug-likeness (QED) is 0.649. The molecule has 1 amide bonds. The number of methoxy groups -OCH3 is 1. The number of carbonyl (C=O) groups excluding carboxylic acids is 1. The molecule has 4 rings (SSSR count). The van der Waals surface area contributed by atoms with Gasteiger partial charge in [-0.15, -0.1) is 0 Å².